The number of ether oxygens (including phenoxy) is 1. The molecule has 0 spiro atoms. The van der Waals surface area contributed by atoms with Crippen LogP contribution in [0.2, 0.25) is 0 Å². The molecule has 0 aliphatic carbocycles. The molecule has 17 heavy (non-hydrogen) atoms. The summed E-state index contributed by atoms with van der Waals surface area (Å²) in [5, 5.41) is 12.3. The molecule has 2 rings (SSSR count). The Balaban J connectivity index is 2.32. The smallest absolute Gasteiger partial charge is 0.308 e. The zero-order valence-electron chi connectivity index (χ0n) is 9.59. The van der Waals surface area contributed by atoms with Gasteiger partial charge in [-0.05, 0) is 13.0 Å². The molecule has 2 atom stereocenters. The summed E-state index contributed by atoms with van der Waals surface area (Å²) in [5.41, 5.74) is 0.643. The van der Waals surface area contributed by atoms with Crippen molar-refractivity contribution in [3.8, 4) is 5.88 Å². The Morgan fingerprint density at radius 1 is 1.53 bits per heavy atom. The van der Waals surface area contributed by atoms with Gasteiger partial charge in [-0.1, -0.05) is 0 Å². The standard InChI is InChI=1S/C11H15N3O3/c1-17-10-9(13-4-5-14-10)7-2-3-12-6-8(7)11(15)16/h4-5,7-8,12H,2-3,6H2,1H3,(H,15,16). The summed E-state index contributed by atoms with van der Waals surface area (Å²) in [7, 11) is 1.52. The summed E-state index contributed by atoms with van der Waals surface area (Å²) in [6, 6.07) is 0. The lowest BCUT2D eigenvalue weighted by Gasteiger charge is -2.29. The van der Waals surface area contributed by atoms with E-state index < -0.39 is 11.9 Å². The Hall–Kier alpha value is -1.69. The molecule has 0 radical (unpaired) electrons. The van der Waals surface area contributed by atoms with E-state index in [9.17, 15) is 9.90 Å². The minimum atomic E-state index is -0.810. The molecule has 1 aromatic rings. The Morgan fingerprint density at radius 3 is 3.00 bits per heavy atom. The van der Waals surface area contributed by atoms with E-state index >= 15 is 0 Å². The number of hydrogen-bond acceptors (Lipinski definition) is 5. The molecular weight excluding hydrogens is 222 g/mol. The van der Waals surface area contributed by atoms with Gasteiger partial charge in [0.2, 0.25) is 5.88 Å². The van der Waals surface area contributed by atoms with Crippen LogP contribution in [0.1, 0.15) is 18.0 Å². The van der Waals surface area contributed by atoms with Gasteiger partial charge in [-0.3, -0.25) is 9.78 Å². The number of methoxy groups -OCH3 is 1. The number of piperidine rings is 1. The predicted octanol–water partition coefficient (Wildman–Crippen LogP) is 0.263. The number of hydrogen-bond donors (Lipinski definition) is 2. The van der Waals surface area contributed by atoms with Crippen LogP contribution in [0.25, 0.3) is 0 Å². The highest BCUT2D eigenvalue weighted by Crippen LogP contribution is 2.33. The number of aromatic nitrogens is 2. The van der Waals surface area contributed by atoms with E-state index in [0.717, 1.165) is 13.0 Å². The number of rotatable bonds is 3. The summed E-state index contributed by atoms with van der Waals surface area (Å²) in [6.45, 7) is 1.24. The van der Waals surface area contributed by atoms with Crippen molar-refractivity contribution in [3.63, 3.8) is 0 Å². The molecule has 6 heteroatoms. The molecule has 1 aliphatic heterocycles. The molecule has 1 saturated heterocycles. The molecule has 1 aromatic heterocycles. The van der Waals surface area contributed by atoms with Crippen molar-refractivity contribution in [3.05, 3.63) is 18.1 Å². The van der Waals surface area contributed by atoms with Crippen molar-refractivity contribution in [2.24, 2.45) is 5.92 Å². The minimum Gasteiger partial charge on any atom is -0.481 e. The second-order valence-electron chi connectivity index (χ2n) is 3.99. The third kappa shape index (κ3) is 2.36. The first kappa shape index (κ1) is 11.8. The number of aliphatic carboxylic acids is 1. The van der Waals surface area contributed by atoms with Gasteiger partial charge in [0, 0.05) is 24.9 Å². The first-order valence-electron chi connectivity index (χ1n) is 5.52. The molecule has 92 valence electrons. The van der Waals surface area contributed by atoms with Crippen LogP contribution in [0, 0.1) is 5.92 Å². The molecule has 0 saturated carbocycles. The van der Waals surface area contributed by atoms with Gasteiger partial charge in [-0.15, -0.1) is 0 Å². The van der Waals surface area contributed by atoms with Gasteiger partial charge in [0.1, 0.15) is 5.69 Å². The van der Waals surface area contributed by atoms with Crippen LogP contribution in [0.4, 0.5) is 0 Å². The highest BCUT2D eigenvalue weighted by atomic mass is 16.5. The average molecular weight is 237 g/mol. The van der Waals surface area contributed by atoms with Crippen LogP contribution in [0.3, 0.4) is 0 Å². The van der Waals surface area contributed by atoms with Crippen molar-refractivity contribution in [2.45, 2.75) is 12.3 Å². The van der Waals surface area contributed by atoms with E-state index in [2.05, 4.69) is 15.3 Å². The fraction of sp³-hybridized carbons (Fsp3) is 0.545. The summed E-state index contributed by atoms with van der Waals surface area (Å²) in [6.07, 6.45) is 3.84. The number of nitrogens with zero attached hydrogens (tertiary/aromatic N) is 2. The Morgan fingerprint density at radius 2 is 2.29 bits per heavy atom. The van der Waals surface area contributed by atoms with Crippen molar-refractivity contribution in [2.75, 3.05) is 20.2 Å². The number of carboxylic acid groups (broad SMARTS) is 1. The monoisotopic (exact) mass is 237 g/mol. The van der Waals surface area contributed by atoms with E-state index in [1.54, 1.807) is 12.4 Å². The zero-order valence-corrected chi connectivity index (χ0v) is 9.59. The second-order valence-corrected chi connectivity index (χ2v) is 3.99. The van der Waals surface area contributed by atoms with E-state index in [1.165, 1.54) is 7.11 Å². The molecule has 6 nitrogen and oxygen atoms in total. The van der Waals surface area contributed by atoms with Crippen LogP contribution in [0.5, 0.6) is 5.88 Å². The van der Waals surface area contributed by atoms with Gasteiger partial charge in [0.25, 0.3) is 0 Å². The molecule has 0 aromatic carbocycles. The second kappa shape index (κ2) is 5.09. The summed E-state index contributed by atoms with van der Waals surface area (Å²) >= 11 is 0. The lowest BCUT2D eigenvalue weighted by atomic mass is 9.84. The molecule has 0 bridgehead atoms. The van der Waals surface area contributed by atoms with Gasteiger partial charge < -0.3 is 15.2 Å². The van der Waals surface area contributed by atoms with Gasteiger partial charge >= 0.3 is 5.97 Å². The normalized spacial score (nSPS) is 24.3. The van der Waals surface area contributed by atoms with Crippen molar-refractivity contribution in [1.29, 1.82) is 0 Å². The summed E-state index contributed by atoms with van der Waals surface area (Å²) in [5.74, 6) is -1.01. The highest BCUT2D eigenvalue weighted by Gasteiger charge is 2.34. The molecule has 1 aliphatic rings. The Kier molecular flexibility index (Phi) is 3.53. The first-order chi connectivity index (χ1) is 8.24. The van der Waals surface area contributed by atoms with Crippen LogP contribution in [0.15, 0.2) is 12.4 Å². The highest BCUT2D eigenvalue weighted by molar-refractivity contribution is 5.72. The maximum absolute atomic E-state index is 11.2. The van der Waals surface area contributed by atoms with Crippen LogP contribution >= 0.6 is 0 Å². The predicted molar refractivity (Wildman–Crippen MR) is 59.9 cm³/mol. The van der Waals surface area contributed by atoms with E-state index in [4.69, 9.17) is 4.74 Å². The SMILES string of the molecule is COc1nccnc1C1CCNCC1C(=O)O. The third-order valence-electron chi connectivity index (χ3n) is 3.04. The summed E-state index contributed by atoms with van der Waals surface area (Å²) < 4.78 is 5.14. The third-order valence-corrected chi connectivity index (χ3v) is 3.04. The van der Waals surface area contributed by atoms with Crippen molar-refractivity contribution >= 4 is 5.97 Å². The quantitative estimate of drug-likeness (QED) is 0.784. The maximum atomic E-state index is 11.2. The molecule has 2 heterocycles. The van der Waals surface area contributed by atoms with E-state index in [1.807, 2.05) is 0 Å². The zero-order chi connectivity index (χ0) is 12.3. The van der Waals surface area contributed by atoms with Gasteiger partial charge in [0.05, 0.1) is 13.0 Å². The number of carboxylic acids is 1. The van der Waals surface area contributed by atoms with Crippen LogP contribution in [-0.4, -0.2) is 41.2 Å². The van der Waals surface area contributed by atoms with Gasteiger partial charge in [-0.2, -0.15) is 0 Å². The molecule has 1 fully saturated rings. The number of carbonyl (C=O) groups is 1. The summed E-state index contributed by atoms with van der Waals surface area (Å²) in [4.78, 5) is 19.5. The lowest BCUT2D eigenvalue weighted by molar-refractivity contribution is -0.143. The fourth-order valence-corrected chi connectivity index (χ4v) is 2.19. The molecular formula is C11H15N3O3. The fourth-order valence-electron chi connectivity index (χ4n) is 2.19. The van der Waals surface area contributed by atoms with E-state index in [-0.39, 0.29) is 5.92 Å². The number of nitrogens with one attached hydrogen (secondary N) is 1. The molecule has 0 amide bonds. The Bertz CT molecular complexity index is 411. The van der Waals surface area contributed by atoms with Crippen molar-refractivity contribution in [1.82, 2.24) is 15.3 Å². The maximum Gasteiger partial charge on any atom is 0.308 e. The Labute approximate surface area is 99.0 Å². The van der Waals surface area contributed by atoms with E-state index in [0.29, 0.717) is 18.1 Å². The van der Waals surface area contributed by atoms with Crippen LogP contribution < -0.4 is 10.1 Å². The van der Waals surface area contributed by atoms with Gasteiger partial charge in [-0.25, -0.2) is 4.98 Å². The molecule has 2 unspecified atom stereocenters. The first-order valence-corrected chi connectivity index (χ1v) is 5.52. The van der Waals surface area contributed by atoms with Crippen LogP contribution in [-0.2, 0) is 4.79 Å². The minimum absolute atomic E-state index is 0.141. The molecule has 2 N–H and O–H groups in total. The largest absolute Gasteiger partial charge is 0.481 e. The average Bonchev–Trinajstić information content (AvgIpc) is 2.38. The van der Waals surface area contributed by atoms with Gasteiger partial charge in [0.15, 0.2) is 0 Å². The topological polar surface area (TPSA) is 84.3 Å². The van der Waals surface area contributed by atoms with Crippen molar-refractivity contribution < 1.29 is 14.6 Å². The lowest BCUT2D eigenvalue weighted by Crippen LogP contribution is -2.40.